The van der Waals surface area contributed by atoms with Gasteiger partial charge in [0.25, 0.3) is 0 Å². The van der Waals surface area contributed by atoms with E-state index in [4.69, 9.17) is 8.23 Å². The van der Waals surface area contributed by atoms with Crippen molar-refractivity contribution < 1.29 is 8.23 Å². The predicted octanol–water partition coefficient (Wildman–Crippen LogP) is 4.88. The second-order valence-electron chi connectivity index (χ2n) is 6.64. The Morgan fingerprint density at radius 2 is 1.28 bits per heavy atom. The van der Waals surface area contributed by atoms with Gasteiger partial charge in [-0.25, -0.2) is 0 Å². The summed E-state index contributed by atoms with van der Waals surface area (Å²) in [5, 5.41) is 0. The Labute approximate surface area is 119 Å². The highest BCUT2D eigenvalue weighted by molar-refractivity contribution is 6.84. The predicted molar refractivity (Wildman–Crippen MR) is 89.6 cm³/mol. The molecule has 0 aliphatic carbocycles. The molecule has 0 amide bonds. The SMILES string of the molecule is CCCC[SiH](CCCC)O[Si](C)(C)O[Si](C)(C)C. The van der Waals surface area contributed by atoms with Crippen LogP contribution in [0.2, 0.25) is 44.8 Å². The molecule has 0 rings (SSSR count). The first-order valence-electron chi connectivity index (χ1n) is 7.58. The molecule has 0 atom stereocenters. The zero-order valence-electron chi connectivity index (χ0n) is 13.6. The zero-order valence-corrected chi connectivity index (χ0v) is 16.8. The molecule has 0 unspecified atom stereocenters. The van der Waals surface area contributed by atoms with E-state index in [2.05, 4.69) is 46.6 Å². The number of hydrogen-bond acceptors (Lipinski definition) is 2. The van der Waals surface area contributed by atoms with Crippen LogP contribution in [0, 0.1) is 0 Å². The monoisotopic (exact) mass is 306 g/mol. The Balaban J connectivity index is 4.33. The fourth-order valence-corrected chi connectivity index (χ4v) is 15.0. The molecular weight excluding hydrogens is 272 g/mol. The van der Waals surface area contributed by atoms with E-state index in [9.17, 15) is 0 Å². The molecule has 0 aromatic carbocycles. The van der Waals surface area contributed by atoms with Gasteiger partial charge in [0.1, 0.15) is 0 Å². The van der Waals surface area contributed by atoms with Crippen molar-refractivity contribution in [2.24, 2.45) is 0 Å². The van der Waals surface area contributed by atoms with Gasteiger partial charge in [-0.2, -0.15) is 0 Å². The van der Waals surface area contributed by atoms with Crippen molar-refractivity contribution in [3.05, 3.63) is 0 Å². The average Bonchev–Trinajstić information content (AvgIpc) is 2.18. The van der Waals surface area contributed by atoms with Gasteiger partial charge in [-0.15, -0.1) is 0 Å². The highest BCUT2D eigenvalue weighted by atomic mass is 28.5. The van der Waals surface area contributed by atoms with Crippen LogP contribution in [0.25, 0.3) is 0 Å². The maximum Gasteiger partial charge on any atom is 0.310 e. The summed E-state index contributed by atoms with van der Waals surface area (Å²) in [5.74, 6) is 0. The first-order chi connectivity index (χ1) is 8.20. The van der Waals surface area contributed by atoms with Gasteiger partial charge in [-0.3, -0.25) is 0 Å². The van der Waals surface area contributed by atoms with Crippen LogP contribution in [0.15, 0.2) is 0 Å². The Morgan fingerprint density at radius 3 is 1.61 bits per heavy atom. The topological polar surface area (TPSA) is 18.5 Å². The van der Waals surface area contributed by atoms with Crippen molar-refractivity contribution in [3.63, 3.8) is 0 Å². The summed E-state index contributed by atoms with van der Waals surface area (Å²) in [6.07, 6.45) is 5.24. The summed E-state index contributed by atoms with van der Waals surface area (Å²) < 4.78 is 12.8. The second kappa shape index (κ2) is 8.68. The van der Waals surface area contributed by atoms with Crippen LogP contribution in [-0.4, -0.2) is 25.9 Å². The van der Waals surface area contributed by atoms with E-state index < -0.39 is 25.9 Å². The van der Waals surface area contributed by atoms with Gasteiger partial charge in [0.05, 0.1) is 0 Å². The Morgan fingerprint density at radius 1 is 0.833 bits per heavy atom. The Kier molecular flexibility index (Phi) is 8.96. The maximum atomic E-state index is 6.51. The lowest BCUT2D eigenvalue weighted by Crippen LogP contribution is -2.48. The fourth-order valence-electron chi connectivity index (χ4n) is 2.29. The molecule has 0 heterocycles. The van der Waals surface area contributed by atoms with Crippen LogP contribution >= 0.6 is 0 Å². The maximum absolute atomic E-state index is 6.51. The number of hydrogen-bond donors (Lipinski definition) is 0. The highest BCUT2D eigenvalue weighted by Gasteiger charge is 2.33. The summed E-state index contributed by atoms with van der Waals surface area (Å²) >= 11 is 0. The van der Waals surface area contributed by atoms with Gasteiger partial charge in [0.2, 0.25) is 0 Å². The largest absolute Gasteiger partial charge is 0.439 e. The van der Waals surface area contributed by atoms with Crippen molar-refractivity contribution in [3.8, 4) is 0 Å². The third-order valence-electron chi connectivity index (χ3n) is 2.76. The fraction of sp³-hybridized carbons (Fsp3) is 1.00. The van der Waals surface area contributed by atoms with E-state index in [0.717, 1.165) is 0 Å². The summed E-state index contributed by atoms with van der Waals surface area (Å²) in [6.45, 7) is 15.8. The molecule has 0 fully saturated rings. The van der Waals surface area contributed by atoms with Crippen LogP contribution in [0.5, 0.6) is 0 Å². The molecule has 0 saturated carbocycles. The van der Waals surface area contributed by atoms with Gasteiger partial charge in [0.15, 0.2) is 17.4 Å². The third-order valence-corrected chi connectivity index (χ3v) is 12.9. The summed E-state index contributed by atoms with van der Waals surface area (Å²) in [5.41, 5.74) is 0. The number of unbranched alkanes of at least 4 members (excludes halogenated alkanes) is 2. The molecule has 0 spiro atoms. The zero-order chi connectivity index (χ0) is 14.2. The lowest BCUT2D eigenvalue weighted by atomic mass is 10.4. The van der Waals surface area contributed by atoms with Gasteiger partial charge < -0.3 is 8.23 Å². The lowest BCUT2D eigenvalue weighted by Gasteiger charge is -2.34. The van der Waals surface area contributed by atoms with E-state index in [1.807, 2.05) is 0 Å². The van der Waals surface area contributed by atoms with Crippen molar-refractivity contribution in [2.75, 3.05) is 0 Å². The molecule has 0 radical (unpaired) electrons. The number of rotatable bonds is 10. The van der Waals surface area contributed by atoms with E-state index in [-0.39, 0.29) is 0 Å². The molecule has 0 aliphatic rings. The standard InChI is InChI=1S/C13H34O2Si3/c1-8-10-12-16(13-11-9-2)14-18(6,7)15-17(3,4)5/h16H,8-13H2,1-7H3. The molecule has 0 bridgehead atoms. The van der Waals surface area contributed by atoms with E-state index in [1.165, 1.54) is 37.8 Å². The Bertz CT molecular complexity index is 207. The summed E-state index contributed by atoms with van der Waals surface area (Å²) in [6, 6.07) is 2.67. The first-order valence-corrected chi connectivity index (χ1v) is 15.9. The molecule has 5 heteroatoms. The van der Waals surface area contributed by atoms with Crippen LogP contribution in [0.1, 0.15) is 39.5 Å². The highest BCUT2D eigenvalue weighted by Crippen LogP contribution is 2.20. The van der Waals surface area contributed by atoms with Crippen LogP contribution in [-0.2, 0) is 8.23 Å². The van der Waals surface area contributed by atoms with Crippen LogP contribution in [0.3, 0.4) is 0 Å². The Hall–Kier alpha value is 0.571. The minimum Gasteiger partial charge on any atom is -0.439 e. The van der Waals surface area contributed by atoms with Gasteiger partial charge >= 0.3 is 8.56 Å². The third kappa shape index (κ3) is 10.5. The molecule has 110 valence electrons. The molecule has 18 heavy (non-hydrogen) atoms. The van der Waals surface area contributed by atoms with E-state index in [0.29, 0.717) is 0 Å². The van der Waals surface area contributed by atoms with Crippen molar-refractivity contribution in [1.82, 2.24) is 0 Å². The second-order valence-corrected chi connectivity index (χ2v) is 17.8. The minimum absolute atomic E-state index is 1.02. The molecule has 2 nitrogen and oxygen atoms in total. The first kappa shape index (κ1) is 18.6. The quantitative estimate of drug-likeness (QED) is 0.536. The van der Waals surface area contributed by atoms with Gasteiger partial charge in [-0.1, -0.05) is 39.5 Å². The van der Waals surface area contributed by atoms with Gasteiger partial charge in [-0.05, 0) is 44.8 Å². The van der Waals surface area contributed by atoms with Crippen LogP contribution in [0.4, 0.5) is 0 Å². The normalized spacial score (nSPS) is 13.3. The molecule has 0 aliphatic heterocycles. The van der Waals surface area contributed by atoms with E-state index in [1.54, 1.807) is 0 Å². The van der Waals surface area contributed by atoms with Crippen molar-refractivity contribution >= 4 is 25.9 Å². The smallest absolute Gasteiger partial charge is 0.310 e. The van der Waals surface area contributed by atoms with Gasteiger partial charge in [0, 0.05) is 0 Å². The van der Waals surface area contributed by atoms with Crippen molar-refractivity contribution in [1.29, 1.82) is 0 Å². The average molecular weight is 307 g/mol. The molecule has 0 saturated heterocycles. The molecule has 0 N–H and O–H groups in total. The summed E-state index contributed by atoms with van der Waals surface area (Å²) in [7, 11) is -4.37. The lowest BCUT2D eigenvalue weighted by molar-refractivity contribution is 0.397. The minimum atomic E-state index is -1.88. The summed E-state index contributed by atoms with van der Waals surface area (Å²) in [4.78, 5) is 0. The van der Waals surface area contributed by atoms with Crippen LogP contribution < -0.4 is 0 Å². The van der Waals surface area contributed by atoms with Crippen molar-refractivity contribution in [2.45, 2.75) is 84.4 Å². The molecule has 0 aromatic heterocycles. The van der Waals surface area contributed by atoms with E-state index >= 15 is 0 Å². The molecule has 0 aromatic rings. The molecular formula is C13H34O2Si3.